The minimum atomic E-state index is 0.345. The van der Waals surface area contributed by atoms with Crippen LogP contribution in [0, 0.1) is 13.8 Å². The maximum atomic E-state index is 2.44. The fourth-order valence-corrected chi connectivity index (χ4v) is 2.96. The molecule has 0 aliphatic carbocycles. The predicted octanol–water partition coefficient (Wildman–Crippen LogP) is 4.01. The van der Waals surface area contributed by atoms with Gasteiger partial charge in [0, 0.05) is 11.4 Å². The number of fused-ring (bicyclic) bond motifs is 1. The summed E-state index contributed by atoms with van der Waals surface area (Å²) >= 11 is 0. The third-order valence-corrected chi connectivity index (χ3v) is 4.15. The van der Waals surface area contributed by atoms with Gasteiger partial charge in [0.05, 0.1) is 5.69 Å². The molecule has 1 aliphatic rings. The largest absolute Gasteiger partial charge is 0.397 e. The molecule has 0 spiro atoms. The fraction of sp³-hybridized carbons (Fsp3) is 0.250. The van der Waals surface area contributed by atoms with Gasteiger partial charge in [-0.1, -0.05) is 30.3 Å². The minimum Gasteiger partial charge on any atom is -0.397 e. The first-order chi connectivity index (χ1) is 9.11. The monoisotopic (exact) mass is 250 g/mol. The maximum Gasteiger partial charge on any atom is 0.376 e. The number of nitrogens with zero attached hydrogens (tertiary/aromatic N) is 2. The SMILES string of the molecule is CB1N(C)c2cccc(C)c2N1c1ccccc1C. The van der Waals surface area contributed by atoms with Crippen LogP contribution < -0.4 is 9.62 Å². The van der Waals surface area contributed by atoms with Gasteiger partial charge in [-0.05, 0) is 51.0 Å². The molecule has 1 aliphatic heterocycles. The van der Waals surface area contributed by atoms with Crippen molar-refractivity contribution in [1.29, 1.82) is 0 Å². The van der Waals surface area contributed by atoms with E-state index in [1.807, 2.05) is 0 Å². The van der Waals surface area contributed by atoms with E-state index in [1.165, 1.54) is 28.2 Å². The second kappa shape index (κ2) is 4.34. The van der Waals surface area contributed by atoms with Gasteiger partial charge in [0.2, 0.25) is 0 Å². The molecule has 0 atom stereocenters. The second-order valence-electron chi connectivity index (χ2n) is 5.34. The standard InChI is InChI=1S/C16H19BN2/c1-12-8-5-6-10-14(12)19-16-13(2)9-7-11-15(16)18(4)17(19)3/h5-11H,1-4H3. The van der Waals surface area contributed by atoms with Gasteiger partial charge in [-0.15, -0.1) is 0 Å². The lowest BCUT2D eigenvalue weighted by Crippen LogP contribution is -2.41. The van der Waals surface area contributed by atoms with Crippen molar-refractivity contribution in [3.8, 4) is 0 Å². The van der Waals surface area contributed by atoms with Crippen molar-refractivity contribution in [2.45, 2.75) is 20.7 Å². The average Bonchev–Trinajstić information content (AvgIpc) is 2.65. The summed E-state index contributed by atoms with van der Waals surface area (Å²) in [5.41, 5.74) is 6.60. The Morgan fingerprint density at radius 3 is 2.21 bits per heavy atom. The lowest BCUT2D eigenvalue weighted by Gasteiger charge is -2.26. The molecule has 0 aromatic heterocycles. The first-order valence-corrected chi connectivity index (χ1v) is 6.78. The summed E-state index contributed by atoms with van der Waals surface area (Å²) in [5.74, 6) is 0. The first-order valence-electron chi connectivity index (χ1n) is 6.78. The highest BCUT2D eigenvalue weighted by Crippen LogP contribution is 2.44. The molecule has 0 N–H and O–H groups in total. The number of para-hydroxylation sites is 2. The van der Waals surface area contributed by atoms with Crippen LogP contribution in [0.25, 0.3) is 0 Å². The van der Waals surface area contributed by atoms with Gasteiger partial charge in [0.1, 0.15) is 0 Å². The van der Waals surface area contributed by atoms with E-state index in [1.54, 1.807) is 0 Å². The van der Waals surface area contributed by atoms with Crippen LogP contribution in [0.5, 0.6) is 0 Å². The topological polar surface area (TPSA) is 6.48 Å². The molecule has 0 radical (unpaired) electrons. The molecule has 19 heavy (non-hydrogen) atoms. The van der Waals surface area contributed by atoms with Gasteiger partial charge in [0.25, 0.3) is 0 Å². The molecule has 3 rings (SSSR count). The molecule has 0 saturated carbocycles. The highest BCUT2D eigenvalue weighted by atomic mass is 15.3. The van der Waals surface area contributed by atoms with Crippen molar-refractivity contribution < 1.29 is 0 Å². The number of hydrogen-bond donors (Lipinski definition) is 0. The first kappa shape index (κ1) is 12.2. The van der Waals surface area contributed by atoms with E-state index >= 15 is 0 Å². The van der Waals surface area contributed by atoms with Crippen LogP contribution in [0.2, 0.25) is 6.82 Å². The Kier molecular flexibility index (Phi) is 2.77. The number of hydrogen-bond acceptors (Lipinski definition) is 2. The van der Waals surface area contributed by atoms with Gasteiger partial charge in [0.15, 0.2) is 0 Å². The summed E-state index contributed by atoms with van der Waals surface area (Å²) in [6, 6.07) is 15.1. The Balaban J connectivity index is 2.22. The van der Waals surface area contributed by atoms with Crippen molar-refractivity contribution in [1.82, 2.24) is 0 Å². The third kappa shape index (κ3) is 1.72. The van der Waals surface area contributed by atoms with E-state index < -0.39 is 0 Å². The van der Waals surface area contributed by atoms with Crippen molar-refractivity contribution in [3.63, 3.8) is 0 Å². The summed E-state index contributed by atoms with van der Waals surface area (Å²) in [7, 11) is 2.17. The quantitative estimate of drug-likeness (QED) is 0.705. The molecule has 0 fully saturated rings. The van der Waals surface area contributed by atoms with Crippen molar-refractivity contribution in [2.24, 2.45) is 0 Å². The lowest BCUT2D eigenvalue weighted by atomic mass is 9.76. The van der Waals surface area contributed by atoms with E-state index in [4.69, 9.17) is 0 Å². The highest BCUT2D eigenvalue weighted by molar-refractivity contribution is 6.70. The molecule has 96 valence electrons. The van der Waals surface area contributed by atoms with Crippen LogP contribution in [0.1, 0.15) is 11.1 Å². The molecule has 3 heteroatoms. The summed E-state index contributed by atoms with van der Waals surface area (Å²) in [6.45, 7) is 6.97. The highest BCUT2D eigenvalue weighted by Gasteiger charge is 2.36. The van der Waals surface area contributed by atoms with E-state index in [0.29, 0.717) is 6.98 Å². The number of rotatable bonds is 1. The molecule has 0 bridgehead atoms. The van der Waals surface area contributed by atoms with E-state index in [9.17, 15) is 0 Å². The Labute approximate surface area is 115 Å². The van der Waals surface area contributed by atoms with Crippen LogP contribution in [0.4, 0.5) is 17.1 Å². The average molecular weight is 250 g/mol. The zero-order valence-corrected chi connectivity index (χ0v) is 12.0. The normalized spacial score (nSPS) is 14.0. The Bertz CT molecular complexity index is 624. The molecule has 2 nitrogen and oxygen atoms in total. The Hall–Kier alpha value is -1.90. The van der Waals surface area contributed by atoms with Gasteiger partial charge in [-0.25, -0.2) is 0 Å². The number of aryl methyl sites for hydroxylation is 2. The van der Waals surface area contributed by atoms with E-state index in [0.717, 1.165) is 0 Å². The molecule has 0 unspecified atom stereocenters. The van der Waals surface area contributed by atoms with Gasteiger partial charge in [-0.2, -0.15) is 0 Å². The Morgan fingerprint density at radius 1 is 0.842 bits per heavy atom. The van der Waals surface area contributed by atoms with Crippen LogP contribution in [-0.4, -0.2) is 14.0 Å². The van der Waals surface area contributed by atoms with Gasteiger partial charge < -0.3 is 9.62 Å². The van der Waals surface area contributed by atoms with E-state index in [-0.39, 0.29) is 0 Å². The van der Waals surface area contributed by atoms with Crippen LogP contribution in [-0.2, 0) is 0 Å². The predicted molar refractivity (Wildman–Crippen MR) is 84.5 cm³/mol. The van der Waals surface area contributed by atoms with Crippen molar-refractivity contribution >= 4 is 24.0 Å². The summed E-state index contributed by atoms with van der Waals surface area (Å²) in [5, 5.41) is 0. The summed E-state index contributed by atoms with van der Waals surface area (Å²) in [4.78, 5) is 4.79. The number of anilines is 3. The smallest absolute Gasteiger partial charge is 0.376 e. The van der Waals surface area contributed by atoms with Crippen LogP contribution >= 0.6 is 0 Å². The fourth-order valence-electron chi connectivity index (χ4n) is 2.96. The summed E-state index contributed by atoms with van der Waals surface area (Å²) in [6.07, 6.45) is 0. The molecule has 0 saturated heterocycles. The van der Waals surface area contributed by atoms with Crippen LogP contribution in [0.3, 0.4) is 0 Å². The van der Waals surface area contributed by atoms with Gasteiger partial charge in [-0.3, -0.25) is 0 Å². The lowest BCUT2D eigenvalue weighted by molar-refractivity contribution is 1.30. The molecular weight excluding hydrogens is 231 g/mol. The Morgan fingerprint density at radius 2 is 1.47 bits per heavy atom. The third-order valence-electron chi connectivity index (χ3n) is 4.15. The zero-order valence-electron chi connectivity index (χ0n) is 12.0. The molecule has 2 aromatic rings. The molecule has 0 amide bonds. The van der Waals surface area contributed by atoms with Crippen molar-refractivity contribution in [3.05, 3.63) is 53.6 Å². The number of benzene rings is 2. The second-order valence-corrected chi connectivity index (χ2v) is 5.34. The zero-order chi connectivity index (χ0) is 13.6. The van der Waals surface area contributed by atoms with Crippen LogP contribution in [0.15, 0.2) is 42.5 Å². The van der Waals surface area contributed by atoms with Gasteiger partial charge >= 0.3 is 6.98 Å². The summed E-state index contributed by atoms with van der Waals surface area (Å²) < 4.78 is 0. The molecular formula is C16H19BN2. The van der Waals surface area contributed by atoms with E-state index in [2.05, 4.69) is 79.8 Å². The minimum absolute atomic E-state index is 0.345. The molecule has 1 heterocycles. The van der Waals surface area contributed by atoms with Crippen molar-refractivity contribution in [2.75, 3.05) is 16.7 Å². The maximum absolute atomic E-state index is 2.44. The molecule has 2 aromatic carbocycles.